The lowest BCUT2D eigenvalue weighted by Gasteiger charge is -2.05. The van der Waals surface area contributed by atoms with E-state index in [-0.39, 0.29) is 6.03 Å². The van der Waals surface area contributed by atoms with Gasteiger partial charge in [0.25, 0.3) is 0 Å². The van der Waals surface area contributed by atoms with Crippen molar-refractivity contribution in [2.24, 2.45) is 0 Å². The zero-order valence-corrected chi connectivity index (χ0v) is 13.9. The van der Waals surface area contributed by atoms with Gasteiger partial charge in [-0.1, -0.05) is 23.9 Å². The maximum Gasteiger partial charge on any atom is 0.321 e. The number of hydrogen-bond donors (Lipinski definition) is 2. The number of para-hydroxylation sites is 1. The summed E-state index contributed by atoms with van der Waals surface area (Å²) in [7, 11) is 0. The monoisotopic (exact) mass is 345 g/mol. The number of carbonyl (C=O) groups excluding carboxylic acids is 1. The third kappa shape index (κ3) is 4.64. The van der Waals surface area contributed by atoms with Gasteiger partial charge in [0.05, 0.1) is 10.2 Å². The van der Waals surface area contributed by atoms with Gasteiger partial charge < -0.3 is 5.32 Å². The fraction of sp³-hybridized carbons (Fsp3) is 0.200. The van der Waals surface area contributed by atoms with Crippen molar-refractivity contribution >= 4 is 45.3 Å². The van der Waals surface area contributed by atoms with E-state index in [4.69, 9.17) is 0 Å². The van der Waals surface area contributed by atoms with Crippen LogP contribution in [0.15, 0.2) is 47.1 Å². The number of rotatable bonds is 6. The predicted molar refractivity (Wildman–Crippen MR) is 94.0 cm³/mol. The molecule has 2 N–H and O–H groups in total. The number of aromatic nitrogens is 3. The molecule has 1 aromatic carbocycles. The Morgan fingerprint density at radius 2 is 2.00 bits per heavy atom. The Morgan fingerprint density at radius 3 is 2.83 bits per heavy atom. The molecule has 3 aromatic rings. The van der Waals surface area contributed by atoms with Crippen LogP contribution in [-0.2, 0) is 0 Å². The van der Waals surface area contributed by atoms with E-state index in [0.29, 0.717) is 12.5 Å². The quantitative estimate of drug-likeness (QED) is 0.529. The third-order valence-electron chi connectivity index (χ3n) is 2.90. The Kier molecular flexibility index (Phi) is 5.38. The van der Waals surface area contributed by atoms with Crippen LogP contribution in [0.4, 0.5) is 10.7 Å². The molecule has 118 valence electrons. The lowest BCUT2D eigenvalue weighted by molar-refractivity contribution is 0.252. The summed E-state index contributed by atoms with van der Waals surface area (Å²) in [4.78, 5) is 24.1. The van der Waals surface area contributed by atoms with Gasteiger partial charge in [-0.15, -0.1) is 11.3 Å². The van der Waals surface area contributed by atoms with Crippen molar-refractivity contribution in [3.05, 3.63) is 42.7 Å². The molecule has 3 rings (SSSR count). The fourth-order valence-corrected chi connectivity index (χ4v) is 3.93. The van der Waals surface area contributed by atoms with Crippen molar-refractivity contribution in [2.45, 2.75) is 10.8 Å². The van der Waals surface area contributed by atoms with Crippen LogP contribution in [0.5, 0.6) is 0 Å². The SMILES string of the molecule is O=C(NCCCSc1nc2ccccc2s1)Nc1ncccn1. The van der Waals surface area contributed by atoms with E-state index < -0.39 is 0 Å². The number of nitrogens with zero attached hydrogens (tertiary/aromatic N) is 3. The lowest BCUT2D eigenvalue weighted by atomic mass is 10.3. The molecule has 0 aliphatic rings. The first kappa shape index (κ1) is 15.7. The molecular weight excluding hydrogens is 330 g/mol. The van der Waals surface area contributed by atoms with Crippen molar-refractivity contribution in [1.82, 2.24) is 20.3 Å². The molecule has 0 radical (unpaired) electrons. The number of carbonyl (C=O) groups is 1. The number of amides is 2. The van der Waals surface area contributed by atoms with E-state index in [0.717, 1.165) is 22.0 Å². The molecule has 0 saturated heterocycles. The second kappa shape index (κ2) is 7.89. The van der Waals surface area contributed by atoms with Crippen LogP contribution in [0, 0.1) is 0 Å². The van der Waals surface area contributed by atoms with Gasteiger partial charge in [0.15, 0.2) is 4.34 Å². The predicted octanol–water partition coefficient (Wildman–Crippen LogP) is 3.39. The Balaban J connectivity index is 1.36. The number of nitrogens with one attached hydrogen (secondary N) is 2. The molecule has 8 heteroatoms. The molecule has 2 aromatic heterocycles. The van der Waals surface area contributed by atoms with E-state index in [1.807, 2.05) is 18.2 Å². The first-order chi connectivity index (χ1) is 11.3. The summed E-state index contributed by atoms with van der Waals surface area (Å²) in [6.07, 6.45) is 4.03. The summed E-state index contributed by atoms with van der Waals surface area (Å²) in [5.74, 6) is 1.20. The van der Waals surface area contributed by atoms with Crippen molar-refractivity contribution in [1.29, 1.82) is 0 Å². The summed E-state index contributed by atoms with van der Waals surface area (Å²) >= 11 is 3.41. The highest BCUT2D eigenvalue weighted by Gasteiger charge is 2.04. The van der Waals surface area contributed by atoms with Gasteiger partial charge in [-0.2, -0.15) is 0 Å². The molecule has 0 fully saturated rings. The second-order valence-electron chi connectivity index (χ2n) is 4.60. The van der Waals surface area contributed by atoms with Gasteiger partial charge >= 0.3 is 6.03 Å². The molecule has 0 unspecified atom stereocenters. The third-order valence-corrected chi connectivity index (χ3v) is 5.16. The van der Waals surface area contributed by atoms with Crippen LogP contribution in [0.3, 0.4) is 0 Å². The zero-order valence-electron chi connectivity index (χ0n) is 12.2. The number of thioether (sulfide) groups is 1. The van der Waals surface area contributed by atoms with E-state index in [1.54, 1.807) is 41.6 Å². The molecule has 0 atom stereocenters. The van der Waals surface area contributed by atoms with Gasteiger partial charge in [0.1, 0.15) is 0 Å². The zero-order chi connectivity index (χ0) is 15.9. The highest BCUT2D eigenvalue weighted by Crippen LogP contribution is 2.29. The maximum atomic E-state index is 11.6. The Labute approximate surface area is 141 Å². The van der Waals surface area contributed by atoms with Crippen LogP contribution in [0.2, 0.25) is 0 Å². The number of urea groups is 1. The average molecular weight is 345 g/mol. The molecule has 0 aliphatic heterocycles. The van der Waals surface area contributed by atoms with Crippen molar-refractivity contribution in [2.75, 3.05) is 17.6 Å². The smallest absolute Gasteiger partial charge is 0.321 e. The van der Waals surface area contributed by atoms with Gasteiger partial charge in [-0.05, 0) is 24.6 Å². The van der Waals surface area contributed by atoms with Crippen molar-refractivity contribution in [3.63, 3.8) is 0 Å². The first-order valence-electron chi connectivity index (χ1n) is 7.11. The van der Waals surface area contributed by atoms with Crippen LogP contribution in [-0.4, -0.2) is 33.3 Å². The standard InChI is InChI=1S/C15H15N5OS2/c21-14(20-13-16-7-3-8-17-13)18-9-4-10-22-15-19-11-5-1-2-6-12(11)23-15/h1-3,5-8H,4,9-10H2,(H2,16,17,18,20,21). The molecular formula is C15H15N5OS2. The number of fused-ring (bicyclic) bond motifs is 1. The van der Waals surface area contributed by atoms with Crippen LogP contribution in [0.1, 0.15) is 6.42 Å². The van der Waals surface area contributed by atoms with E-state index in [1.165, 1.54) is 4.70 Å². The van der Waals surface area contributed by atoms with Crippen molar-refractivity contribution < 1.29 is 4.79 Å². The number of thiazole rings is 1. The van der Waals surface area contributed by atoms with E-state index in [9.17, 15) is 4.79 Å². The summed E-state index contributed by atoms with van der Waals surface area (Å²) in [6.45, 7) is 0.594. The van der Waals surface area contributed by atoms with Gasteiger partial charge in [0.2, 0.25) is 5.95 Å². The number of benzene rings is 1. The molecule has 2 amide bonds. The Morgan fingerprint density at radius 1 is 1.17 bits per heavy atom. The van der Waals surface area contributed by atoms with Crippen LogP contribution in [0.25, 0.3) is 10.2 Å². The maximum absolute atomic E-state index is 11.6. The highest BCUT2D eigenvalue weighted by atomic mass is 32.2. The van der Waals surface area contributed by atoms with Gasteiger partial charge in [-0.3, -0.25) is 5.32 Å². The molecule has 6 nitrogen and oxygen atoms in total. The fourth-order valence-electron chi connectivity index (χ4n) is 1.86. The molecule has 23 heavy (non-hydrogen) atoms. The highest BCUT2D eigenvalue weighted by molar-refractivity contribution is 8.01. The lowest BCUT2D eigenvalue weighted by Crippen LogP contribution is -2.30. The summed E-state index contributed by atoms with van der Waals surface area (Å²) < 4.78 is 2.27. The van der Waals surface area contributed by atoms with Crippen LogP contribution >= 0.6 is 23.1 Å². The average Bonchev–Trinajstić information content (AvgIpc) is 2.98. The molecule has 2 heterocycles. The summed E-state index contributed by atoms with van der Waals surface area (Å²) in [5.41, 5.74) is 1.04. The number of anilines is 1. The second-order valence-corrected chi connectivity index (χ2v) is 6.98. The largest absolute Gasteiger partial charge is 0.338 e. The number of hydrogen-bond acceptors (Lipinski definition) is 6. The summed E-state index contributed by atoms with van der Waals surface area (Å²) in [6, 6.07) is 9.52. The minimum absolute atomic E-state index is 0.291. The van der Waals surface area contributed by atoms with E-state index >= 15 is 0 Å². The minimum Gasteiger partial charge on any atom is -0.338 e. The van der Waals surface area contributed by atoms with Crippen LogP contribution < -0.4 is 10.6 Å². The topological polar surface area (TPSA) is 79.8 Å². The summed E-state index contributed by atoms with van der Waals surface area (Å²) in [5, 5.41) is 5.36. The Bertz CT molecular complexity index is 745. The molecule has 0 spiro atoms. The normalized spacial score (nSPS) is 10.6. The van der Waals surface area contributed by atoms with Gasteiger partial charge in [-0.25, -0.2) is 19.7 Å². The first-order valence-corrected chi connectivity index (χ1v) is 8.92. The van der Waals surface area contributed by atoms with Crippen molar-refractivity contribution in [3.8, 4) is 0 Å². The Hall–Kier alpha value is -2.19. The molecule has 0 saturated carbocycles. The molecule has 0 bridgehead atoms. The van der Waals surface area contributed by atoms with Gasteiger partial charge in [0, 0.05) is 24.7 Å². The molecule has 0 aliphatic carbocycles. The van der Waals surface area contributed by atoms with E-state index in [2.05, 4.69) is 31.7 Å². The minimum atomic E-state index is -0.291.